The van der Waals surface area contributed by atoms with Gasteiger partial charge in [-0.25, -0.2) is 0 Å². The highest BCUT2D eigenvalue weighted by Crippen LogP contribution is 1.95. The normalized spacial score (nSPS) is 12.7. The second-order valence-corrected chi connectivity index (χ2v) is 1.54. The molecule has 0 saturated carbocycles. The quantitative estimate of drug-likeness (QED) is 0.548. The Bertz CT molecular complexity index is 74.6. The molecule has 0 aromatic heterocycles. The van der Waals surface area contributed by atoms with E-state index in [1.165, 1.54) is 0 Å². The minimum Gasteiger partial charge on any atom is -0.396 e. The van der Waals surface area contributed by atoms with Gasteiger partial charge in [0.25, 0.3) is 0 Å². The van der Waals surface area contributed by atoms with E-state index in [0.717, 1.165) is 0 Å². The lowest BCUT2D eigenvalue weighted by molar-refractivity contribution is 0.275. The van der Waals surface area contributed by atoms with Crippen molar-refractivity contribution in [3.8, 4) is 6.07 Å². The third-order valence-electron chi connectivity index (χ3n) is 0.782. The van der Waals surface area contributed by atoms with Gasteiger partial charge in [0.15, 0.2) is 0 Å². The van der Waals surface area contributed by atoms with Crippen molar-refractivity contribution in [1.29, 1.82) is 5.26 Å². The summed E-state index contributed by atoms with van der Waals surface area (Å²) in [6, 6.07) is 2.01. The lowest BCUT2D eigenvalue weighted by atomic mass is 10.1. The van der Waals surface area contributed by atoms with Crippen LogP contribution >= 0.6 is 0 Å². The van der Waals surface area contributed by atoms with Gasteiger partial charge in [0.05, 0.1) is 6.07 Å². The standard InChI is InChI=1S/C5H9NO/c1-5(4-6)2-3-7/h5,7H,2-3H2,1H3/t5-/m1/s1. The van der Waals surface area contributed by atoms with Gasteiger partial charge in [-0.15, -0.1) is 0 Å². The molecule has 0 aliphatic rings. The van der Waals surface area contributed by atoms with Crippen LogP contribution in [-0.2, 0) is 0 Å². The molecule has 0 amide bonds. The van der Waals surface area contributed by atoms with Crippen LogP contribution in [0.2, 0.25) is 0 Å². The summed E-state index contributed by atoms with van der Waals surface area (Å²) >= 11 is 0. The molecule has 1 atom stereocenters. The highest BCUT2D eigenvalue weighted by Gasteiger charge is 1.93. The lowest BCUT2D eigenvalue weighted by Gasteiger charge is -1.92. The topological polar surface area (TPSA) is 44.0 Å². The molecule has 0 aromatic rings. The van der Waals surface area contributed by atoms with E-state index in [4.69, 9.17) is 10.4 Å². The maximum absolute atomic E-state index is 8.22. The highest BCUT2D eigenvalue weighted by atomic mass is 16.2. The van der Waals surface area contributed by atoms with Crippen molar-refractivity contribution >= 4 is 0 Å². The number of rotatable bonds is 2. The Hall–Kier alpha value is -0.550. The van der Waals surface area contributed by atoms with E-state index >= 15 is 0 Å². The van der Waals surface area contributed by atoms with Crippen LogP contribution in [0.25, 0.3) is 0 Å². The van der Waals surface area contributed by atoms with Crippen LogP contribution in [-0.4, -0.2) is 11.7 Å². The molecule has 2 nitrogen and oxygen atoms in total. The first kappa shape index (κ1) is 6.45. The number of hydrogen-bond acceptors (Lipinski definition) is 2. The Morgan fingerprint density at radius 3 is 2.57 bits per heavy atom. The summed E-state index contributed by atoms with van der Waals surface area (Å²) in [5.74, 6) is 0.00463. The zero-order valence-electron chi connectivity index (χ0n) is 4.39. The van der Waals surface area contributed by atoms with Crippen molar-refractivity contribution in [1.82, 2.24) is 0 Å². The van der Waals surface area contributed by atoms with Crippen molar-refractivity contribution in [3.05, 3.63) is 0 Å². The summed E-state index contributed by atoms with van der Waals surface area (Å²) in [5, 5.41) is 16.3. The van der Waals surface area contributed by atoms with Gasteiger partial charge < -0.3 is 5.11 Å². The van der Waals surface area contributed by atoms with Crippen molar-refractivity contribution < 1.29 is 5.11 Å². The van der Waals surface area contributed by atoms with Crippen LogP contribution in [0.15, 0.2) is 0 Å². The van der Waals surface area contributed by atoms with Crippen molar-refractivity contribution in [2.45, 2.75) is 13.3 Å². The van der Waals surface area contributed by atoms with E-state index in [2.05, 4.69) is 0 Å². The van der Waals surface area contributed by atoms with Crippen molar-refractivity contribution in [2.75, 3.05) is 6.61 Å². The smallest absolute Gasteiger partial charge is 0.0653 e. The van der Waals surface area contributed by atoms with Gasteiger partial charge in [-0.1, -0.05) is 0 Å². The molecule has 0 bridgehead atoms. The fourth-order valence-corrected chi connectivity index (χ4v) is 0.258. The van der Waals surface area contributed by atoms with Gasteiger partial charge >= 0.3 is 0 Å². The monoisotopic (exact) mass is 99.1 g/mol. The minimum absolute atomic E-state index is 0.00463. The van der Waals surface area contributed by atoms with E-state index in [-0.39, 0.29) is 12.5 Å². The van der Waals surface area contributed by atoms with Crippen LogP contribution in [0, 0.1) is 17.2 Å². The predicted molar refractivity (Wildman–Crippen MR) is 26.5 cm³/mol. The SMILES string of the molecule is C[C@@H](C#N)CCO. The second-order valence-electron chi connectivity index (χ2n) is 1.54. The Morgan fingerprint density at radius 1 is 1.86 bits per heavy atom. The van der Waals surface area contributed by atoms with Crippen molar-refractivity contribution in [3.63, 3.8) is 0 Å². The number of aliphatic hydroxyl groups excluding tert-OH is 1. The average Bonchev–Trinajstić information content (AvgIpc) is 1.68. The number of aliphatic hydroxyl groups is 1. The van der Waals surface area contributed by atoms with Gasteiger partial charge in [0.2, 0.25) is 0 Å². The van der Waals surface area contributed by atoms with Crippen LogP contribution in [0.1, 0.15) is 13.3 Å². The second kappa shape index (κ2) is 3.63. The number of nitrogens with zero attached hydrogens (tertiary/aromatic N) is 1. The Labute approximate surface area is 43.4 Å². The average molecular weight is 99.1 g/mol. The molecule has 0 unspecified atom stereocenters. The van der Waals surface area contributed by atoms with Crippen LogP contribution in [0.4, 0.5) is 0 Å². The zero-order chi connectivity index (χ0) is 5.70. The van der Waals surface area contributed by atoms with E-state index in [1.807, 2.05) is 6.07 Å². The van der Waals surface area contributed by atoms with Crippen LogP contribution in [0.5, 0.6) is 0 Å². The van der Waals surface area contributed by atoms with Gasteiger partial charge in [-0.3, -0.25) is 0 Å². The molecule has 0 aromatic carbocycles. The summed E-state index contributed by atoms with van der Waals surface area (Å²) in [4.78, 5) is 0. The maximum Gasteiger partial charge on any atom is 0.0653 e. The highest BCUT2D eigenvalue weighted by molar-refractivity contribution is 4.77. The molecule has 40 valence electrons. The first-order chi connectivity index (χ1) is 3.31. The van der Waals surface area contributed by atoms with Gasteiger partial charge in [0.1, 0.15) is 0 Å². The lowest BCUT2D eigenvalue weighted by Crippen LogP contribution is -1.92. The third-order valence-corrected chi connectivity index (χ3v) is 0.782. The van der Waals surface area contributed by atoms with E-state index < -0.39 is 0 Å². The number of nitriles is 1. The van der Waals surface area contributed by atoms with Crippen LogP contribution < -0.4 is 0 Å². The fourth-order valence-electron chi connectivity index (χ4n) is 0.258. The third kappa shape index (κ3) is 3.28. The summed E-state index contributed by atoms with van der Waals surface area (Å²) in [6.45, 7) is 1.91. The van der Waals surface area contributed by atoms with E-state index in [0.29, 0.717) is 6.42 Å². The Morgan fingerprint density at radius 2 is 2.43 bits per heavy atom. The van der Waals surface area contributed by atoms with E-state index in [9.17, 15) is 0 Å². The van der Waals surface area contributed by atoms with Gasteiger partial charge in [0, 0.05) is 12.5 Å². The molecule has 7 heavy (non-hydrogen) atoms. The summed E-state index contributed by atoms with van der Waals surface area (Å²) in [7, 11) is 0. The summed E-state index contributed by atoms with van der Waals surface area (Å²) in [5.41, 5.74) is 0. The summed E-state index contributed by atoms with van der Waals surface area (Å²) in [6.07, 6.45) is 0.594. The van der Waals surface area contributed by atoms with Crippen molar-refractivity contribution in [2.24, 2.45) is 5.92 Å². The predicted octanol–water partition coefficient (Wildman–Crippen LogP) is 0.528. The maximum atomic E-state index is 8.22. The van der Waals surface area contributed by atoms with E-state index in [1.54, 1.807) is 6.92 Å². The zero-order valence-corrected chi connectivity index (χ0v) is 4.39. The first-order valence-corrected chi connectivity index (χ1v) is 2.31. The molecule has 0 aliphatic heterocycles. The van der Waals surface area contributed by atoms with Gasteiger partial charge in [-0.2, -0.15) is 5.26 Å². The molecular formula is C5H9NO. The fraction of sp³-hybridized carbons (Fsp3) is 0.800. The molecular weight excluding hydrogens is 90.1 g/mol. The molecule has 0 spiro atoms. The molecule has 1 N–H and O–H groups in total. The first-order valence-electron chi connectivity index (χ1n) is 2.31. The summed E-state index contributed by atoms with van der Waals surface area (Å²) < 4.78 is 0. The Balaban J connectivity index is 3.04. The molecule has 0 fully saturated rings. The molecule has 0 radical (unpaired) electrons. The molecule has 0 saturated heterocycles. The number of hydrogen-bond donors (Lipinski definition) is 1. The molecule has 0 heterocycles. The van der Waals surface area contributed by atoms with Crippen LogP contribution in [0.3, 0.4) is 0 Å². The largest absolute Gasteiger partial charge is 0.396 e. The molecule has 2 heteroatoms. The Kier molecular flexibility index (Phi) is 3.35. The minimum atomic E-state index is 0.00463. The van der Waals surface area contributed by atoms with Gasteiger partial charge in [-0.05, 0) is 13.3 Å². The molecule has 0 aliphatic carbocycles. The molecule has 0 rings (SSSR count).